The lowest BCUT2D eigenvalue weighted by Crippen LogP contribution is -2.42. The van der Waals surface area contributed by atoms with Gasteiger partial charge in [0.25, 0.3) is 5.91 Å². The maximum Gasteiger partial charge on any atom is 0.251 e. The molecular weight excluding hydrogens is 366 g/mol. The lowest BCUT2D eigenvalue weighted by atomic mass is 10.2. The van der Waals surface area contributed by atoms with E-state index in [2.05, 4.69) is 15.5 Å². The van der Waals surface area contributed by atoms with Crippen LogP contribution in [0.15, 0.2) is 48.5 Å². The zero-order chi connectivity index (χ0) is 19.2. The number of amides is 2. The Kier molecular flexibility index (Phi) is 6.32. The van der Waals surface area contributed by atoms with Gasteiger partial charge in [-0.2, -0.15) is 0 Å². The van der Waals surface area contributed by atoms with E-state index in [0.717, 1.165) is 5.69 Å². The molecule has 1 saturated heterocycles. The van der Waals surface area contributed by atoms with Crippen LogP contribution in [0.1, 0.15) is 17.3 Å². The Balaban J connectivity index is 1.70. The molecule has 0 radical (unpaired) electrons. The van der Waals surface area contributed by atoms with E-state index in [-0.39, 0.29) is 11.8 Å². The highest BCUT2D eigenvalue weighted by atomic mass is 35.5. The molecule has 1 unspecified atom stereocenters. The number of para-hydroxylation sites is 1. The van der Waals surface area contributed by atoms with Gasteiger partial charge in [-0.25, -0.2) is 0 Å². The Labute approximate surface area is 163 Å². The summed E-state index contributed by atoms with van der Waals surface area (Å²) >= 11 is 6.39. The number of carbonyl (C=O) groups is 2. The number of hydrogen-bond acceptors (Lipinski definition) is 4. The van der Waals surface area contributed by atoms with Crippen molar-refractivity contribution in [3.8, 4) is 0 Å². The summed E-state index contributed by atoms with van der Waals surface area (Å²) in [5.74, 6) is -0.603. The number of anilines is 2. The van der Waals surface area contributed by atoms with E-state index in [0.29, 0.717) is 42.6 Å². The fraction of sp³-hybridized carbons (Fsp3) is 0.300. The summed E-state index contributed by atoms with van der Waals surface area (Å²) in [5, 5.41) is 6.16. The summed E-state index contributed by atoms with van der Waals surface area (Å²) in [7, 11) is 0. The smallest absolute Gasteiger partial charge is 0.251 e. The second-order valence-electron chi connectivity index (χ2n) is 6.29. The van der Waals surface area contributed by atoms with E-state index in [1.807, 2.05) is 6.07 Å². The zero-order valence-electron chi connectivity index (χ0n) is 15.1. The highest BCUT2D eigenvalue weighted by Crippen LogP contribution is 2.34. The van der Waals surface area contributed by atoms with Crippen LogP contribution < -0.4 is 15.5 Å². The Hall–Kier alpha value is -2.57. The van der Waals surface area contributed by atoms with Crippen LogP contribution in [0.4, 0.5) is 11.4 Å². The van der Waals surface area contributed by atoms with Gasteiger partial charge in [0.1, 0.15) is 6.04 Å². The van der Waals surface area contributed by atoms with Gasteiger partial charge in [0.15, 0.2) is 0 Å². The SMILES string of the molecule is CC(NC(=O)c1ccccc1)C(=O)Nc1cccc(Cl)c1N1CCOCC1. The van der Waals surface area contributed by atoms with Crippen LogP contribution in [0.25, 0.3) is 0 Å². The molecule has 0 bridgehead atoms. The highest BCUT2D eigenvalue weighted by molar-refractivity contribution is 6.34. The van der Waals surface area contributed by atoms with Gasteiger partial charge in [-0.3, -0.25) is 9.59 Å². The molecule has 6 nitrogen and oxygen atoms in total. The molecule has 3 rings (SSSR count). The van der Waals surface area contributed by atoms with E-state index in [1.165, 1.54) is 0 Å². The molecule has 1 aliphatic rings. The van der Waals surface area contributed by atoms with Crippen molar-refractivity contribution in [2.75, 3.05) is 36.5 Å². The van der Waals surface area contributed by atoms with Crippen LogP contribution >= 0.6 is 11.6 Å². The molecule has 0 aliphatic carbocycles. The number of halogens is 1. The van der Waals surface area contributed by atoms with Gasteiger partial charge in [-0.05, 0) is 31.2 Å². The Morgan fingerprint density at radius 1 is 1.07 bits per heavy atom. The normalized spacial score (nSPS) is 15.1. The third-order valence-corrected chi connectivity index (χ3v) is 4.65. The third-order valence-electron chi connectivity index (χ3n) is 4.35. The summed E-state index contributed by atoms with van der Waals surface area (Å²) in [5.41, 5.74) is 1.90. The second kappa shape index (κ2) is 8.88. The number of ether oxygens (including phenoxy) is 1. The van der Waals surface area contributed by atoms with E-state index < -0.39 is 6.04 Å². The van der Waals surface area contributed by atoms with Crippen molar-refractivity contribution in [2.24, 2.45) is 0 Å². The molecule has 1 fully saturated rings. The average Bonchev–Trinajstić information content (AvgIpc) is 2.69. The number of carbonyl (C=O) groups excluding carboxylic acids is 2. The van der Waals surface area contributed by atoms with Crippen LogP contribution in [0.2, 0.25) is 5.02 Å². The van der Waals surface area contributed by atoms with Gasteiger partial charge in [0.2, 0.25) is 5.91 Å². The fourth-order valence-corrected chi connectivity index (χ4v) is 3.19. The third kappa shape index (κ3) is 4.78. The molecule has 1 aliphatic heterocycles. The Morgan fingerprint density at radius 2 is 1.78 bits per heavy atom. The molecule has 0 spiro atoms. The molecular formula is C20H22ClN3O3. The minimum atomic E-state index is -0.700. The van der Waals surface area contributed by atoms with Crippen molar-refractivity contribution in [3.05, 3.63) is 59.1 Å². The van der Waals surface area contributed by atoms with E-state index in [9.17, 15) is 9.59 Å². The van der Waals surface area contributed by atoms with Crippen molar-refractivity contribution in [2.45, 2.75) is 13.0 Å². The number of nitrogens with zero attached hydrogens (tertiary/aromatic N) is 1. The molecule has 2 N–H and O–H groups in total. The highest BCUT2D eigenvalue weighted by Gasteiger charge is 2.22. The number of morpholine rings is 1. The van der Waals surface area contributed by atoms with Gasteiger partial charge in [-0.1, -0.05) is 35.9 Å². The fourth-order valence-electron chi connectivity index (χ4n) is 2.90. The van der Waals surface area contributed by atoms with E-state index in [1.54, 1.807) is 49.4 Å². The first-order chi connectivity index (χ1) is 13.1. The predicted octanol–water partition coefficient (Wildman–Crippen LogP) is 2.93. The molecule has 1 atom stereocenters. The maximum absolute atomic E-state index is 12.6. The van der Waals surface area contributed by atoms with Gasteiger partial charge < -0.3 is 20.3 Å². The molecule has 142 valence electrons. The first-order valence-electron chi connectivity index (χ1n) is 8.84. The van der Waals surface area contributed by atoms with E-state index >= 15 is 0 Å². The topological polar surface area (TPSA) is 70.7 Å². The predicted molar refractivity (Wildman–Crippen MR) is 106 cm³/mol. The molecule has 2 aromatic carbocycles. The summed E-state index contributed by atoms with van der Waals surface area (Å²) in [4.78, 5) is 27.0. The summed E-state index contributed by atoms with van der Waals surface area (Å²) in [6.45, 7) is 4.28. The van der Waals surface area contributed by atoms with Crippen LogP contribution in [-0.4, -0.2) is 44.2 Å². The standard InChI is InChI=1S/C20H22ClN3O3/c1-14(22-20(26)15-6-3-2-4-7-15)19(25)23-17-9-5-8-16(21)18(17)24-10-12-27-13-11-24/h2-9,14H,10-13H2,1H3,(H,22,26)(H,23,25). The van der Waals surface area contributed by atoms with Gasteiger partial charge in [0.05, 0.1) is 29.6 Å². The van der Waals surface area contributed by atoms with Crippen molar-refractivity contribution in [3.63, 3.8) is 0 Å². The van der Waals surface area contributed by atoms with Crippen LogP contribution in [0, 0.1) is 0 Å². The lowest BCUT2D eigenvalue weighted by molar-refractivity contribution is -0.117. The first kappa shape index (κ1) is 19.2. The summed E-state index contributed by atoms with van der Waals surface area (Å²) < 4.78 is 5.39. The Morgan fingerprint density at radius 3 is 2.48 bits per heavy atom. The number of hydrogen-bond donors (Lipinski definition) is 2. The van der Waals surface area contributed by atoms with Crippen molar-refractivity contribution >= 4 is 34.8 Å². The number of nitrogens with one attached hydrogen (secondary N) is 2. The molecule has 7 heteroatoms. The molecule has 1 heterocycles. The van der Waals surface area contributed by atoms with Crippen molar-refractivity contribution < 1.29 is 14.3 Å². The summed E-state index contributed by atoms with van der Waals surface area (Å²) in [6, 6.07) is 13.5. The minimum absolute atomic E-state index is 0.294. The van der Waals surface area contributed by atoms with Crippen LogP contribution in [0.3, 0.4) is 0 Å². The van der Waals surface area contributed by atoms with Gasteiger partial charge in [-0.15, -0.1) is 0 Å². The Bertz CT molecular complexity index is 807. The number of benzene rings is 2. The average molecular weight is 388 g/mol. The minimum Gasteiger partial charge on any atom is -0.378 e. The van der Waals surface area contributed by atoms with Crippen LogP contribution in [-0.2, 0) is 9.53 Å². The molecule has 27 heavy (non-hydrogen) atoms. The first-order valence-corrected chi connectivity index (χ1v) is 9.22. The van der Waals surface area contributed by atoms with E-state index in [4.69, 9.17) is 16.3 Å². The number of rotatable bonds is 5. The monoisotopic (exact) mass is 387 g/mol. The molecule has 0 aromatic heterocycles. The maximum atomic E-state index is 12.6. The van der Waals surface area contributed by atoms with Crippen LogP contribution in [0.5, 0.6) is 0 Å². The molecule has 0 saturated carbocycles. The molecule has 2 aromatic rings. The molecule has 2 amide bonds. The van der Waals surface area contributed by atoms with Gasteiger partial charge >= 0.3 is 0 Å². The zero-order valence-corrected chi connectivity index (χ0v) is 15.8. The lowest BCUT2D eigenvalue weighted by Gasteiger charge is -2.31. The summed E-state index contributed by atoms with van der Waals surface area (Å²) in [6.07, 6.45) is 0. The quantitative estimate of drug-likeness (QED) is 0.827. The van der Waals surface area contributed by atoms with Crippen molar-refractivity contribution in [1.82, 2.24) is 5.32 Å². The second-order valence-corrected chi connectivity index (χ2v) is 6.69. The largest absolute Gasteiger partial charge is 0.378 e. The van der Waals surface area contributed by atoms with Crippen molar-refractivity contribution in [1.29, 1.82) is 0 Å². The van der Waals surface area contributed by atoms with Gasteiger partial charge in [0, 0.05) is 18.7 Å².